The van der Waals surface area contributed by atoms with Crippen molar-refractivity contribution in [2.45, 2.75) is 45.1 Å². The summed E-state index contributed by atoms with van der Waals surface area (Å²) in [5, 5.41) is 3.42. The third kappa shape index (κ3) is 3.33. The lowest BCUT2D eigenvalue weighted by molar-refractivity contribution is 0.0995. The summed E-state index contributed by atoms with van der Waals surface area (Å²) in [7, 11) is 0. The van der Waals surface area contributed by atoms with Crippen molar-refractivity contribution in [3.8, 4) is 0 Å². The van der Waals surface area contributed by atoms with E-state index in [2.05, 4.69) is 47.3 Å². The second kappa shape index (κ2) is 6.36. The van der Waals surface area contributed by atoms with Crippen LogP contribution < -0.4 is 11.1 Å². The number of fused-ring (bicyclic) bond motifs is 1. The van der Waals surface area contributed by atoms with Gasteiger partial charge in [-0.1, -0.05) is 32.0 Å². The van der Waals surface area contributed by atoms with Crippen molar-refractivity contribution in [3.05, 3.63) is 53.0 Å². The first kappa shape index (κ1) is 15.5. The third-order valence-electron chi connectivity index (χ3n) is 4.36. The molecule has 5 nitrogen and oxygen atoms in total. The van der Waals surface area contributed by atoms with Crippen LogP contribution in [0.3, 0.4) is 0 Å². The van der Waals surface area contributed by atoms with Crippen LogP contribution in [0.2, 0.25) is 0 Å². The largest absolute Gasteiger partial charge is 0.364 e. The minimum atomic E-state index is -0.563. The highest BCUT2D eigenvalue weighted by molar-refractivity contribution is 5.90. The summed E-state index contributed by atoms with van der Waals surface area (Å²) in [6, 6.07) is 6.95. The smallest absolute Gasteiger partial charge is 0.268 e. The summed E-state index contributed by atoms with van der Waals surface area (Å²) in [5.74, 6) is 0.530. The number of nitrogens with one attached hydrogen (secondary N) is 1. The number of hydrogen-bond donors (Lipinski definition) is 2. The molecule has 3 N–H and O–H groups in total. The Kier molecular flexibility index (Phi) is 4.28. The molecule has 5 heteroatoms. The highest BCUT2D eigenvalue weighted by Crippen LogP contribution is 2.34. The number of aromatic nitrogens is 2. The molecule has 0 saturated carbocycles. The topological polar surface area (TPSA) is 80.9 Å². The Hall–Kier alpha value is -2.43. The standard InChI is InChI=1S/C18H22N4O/c1-11(2)13-7-6-12-4-3-5-15(14(12)8-13)21-17-10-20-9-16(22-17)18(19)23/h6-11,15H,3-5H2,1-2H3,(H2,19,23)(H,21,22)/t15-/m1/s1. The van der Waals surface area contributed by atoms with Crippen molar-refractivity contribution in [1.82, 2.24) is 9.97 Å². The Labute approximate surface area is 136 Å². The second-order valence-electron chi connectivity index (χ2n) is 6.36. The molecule has 0 aliphatic heterocycles. The molecule has 0 unspecified atom stereocenters. The first-order chi connectivity index (χ1) is 11.0. The van der Waals surface area contributed by atoms with Gasteiger partial charge in [0.1, 0.15) is 11.5 Å². The van der Waals surface area contributed by atoms with Gasteiger partial charge in [0.2, 0.25) is 0 Å². The third-order valence-corrected chi connectivity index (χ3v) is 4.36. The van der Waals surface area contributed by atoms with Crippen LogP contribution in [0, 0.1) is 0 Å². The summed E-state index contributed by atoms with van der Waals surface area (Å²) in [5.41, 5.74) is 9.51. The molecular formula is C18H22N4O. The van der Waals surface area contributed by atoms with Gasteiger partial charge >= 0.3 is 0 Å². The average molecular weight is 310 g/mol. The van der Waals surface area contributed by atoms with Gasteiger partial charge in [0.15, 0.2) is 0 Å². The van der Waals surface area contributed by atoms with Gasteiger partial charge in [0, 0.05) is 0 Å². The fourth-order valence-electron chi connectivity index (χ4n) is 3.06. The maximum atomic E-state index is 11.3. The van der Waals surface area contributed by atoms with Gasteiger partial charge in [-0.25, -0.2) is 4.98 Å². The van der Waals surface area contributed by atoms with Crippen LogP contribution in [0.5, 0.6) is 0 Å². The zero-order valence-corrected chi connectivity index (χ0v) is 13.5. The Morgan fingerprint density at radius 1 is 1.35 bits per heavy atom. The van der Waals surface area contributed by atoms with Gasteiger partial charge < -0.3 is 11.1 Å². The molecule has 23 heavy (non-hydrogen) atoms. The maximum Gasteiger partial charge on any atom is 0.268 e. The maximum absolute atomic E-state index is 11.3. The Morgan fingerprint density at radius 3 is 2.91 bits per heavy atom. The molecule has 0 spiro atoms. The predicted octanol–water partition coefficient (Wildman–Crippen LogP) is 3.19. The number of aryl methyl sites for hydroxylation is 1. The number of carbonyl (C=O) groups excluding carboxylic acids is 1. The van der Waals surface area contributed by atoms with Crippen LogP contribution in [0.15, 0.2) is 30.6 Å². The van der Waals surface area contributed by atoms with E-state index < -0.39 is 5.91 Å². The lowest BCUT2D eigenvalue weighted by Gasteiger charge is -2.28. The van der Waals surface area contributed by atoms with Gasteiger partial charge in [-0.05, 0) is 41.9 Å². The lowest BCUT2D eigenvalue weighted by Crippen LogP contribution is -2.20. The number of rotatable bonds is 4. The van der Waals surface area contributed by atoms with E-state index in [0.717, 1.165) is 19.3 Å². The minimum absolute atomic E-state index is 0.182. The second-order valence-corrected chi connectivity index (χ2v) is 6.36. The van der Waals surface area contributed by atoms with E-state index in [0.29, 0.717) is 11.7 Å². The van der Waals surface area contributed by atoms with Crippen LogP contribution in [-0.4, -0.2) is 15.9 Å². The molecule has 0 bridgehead atoms. The Morgan fingerprint density at radius 2 is 2.17 bits per heavy atom. The number of nitrogens with zero attached hydrogens (tertiary/aromatic N) is 2. The number of carbonyl (C=O) groups is 1. The SMILES string of the molecule is CC(C)c1ccc2c(c1)[C@H](Nc1cncc(C(N)=O)n1)CCC2. The van der Waals surface area contributed by atoms with Crippen LogP contribution >= 0.6 is 0 Å². The number of hydrogen-bond acceptors (Lipinski definition) is 4. The number of amides is 1. The van der Waals surface area contributed by atoms with Crippen molar-refractivity contribution < 1.29 is 4.79 Å². The fourth-order valence-corrected chi connectivity index (χ4v) is 3.06. The van der Waals surface area contributed by atoms with Crippen molar-refractivity contribution in [1.29, 1.82) is 0 Å². The van der Waals surface area contributed by atoms with Gasteiger partial charge in [0.25, 0.3) is 5.91 Å². The van der Waals surface area contributed by atoms with E-state index in [1.807, 2.05) is 0 Å². The van der Waals surface area contributed by atoms with Crippen LogP contribution in [0.4, 0.5) is 5.82 Å². The lowest BCUT2D eigenvalue weighted by atomic mass is 9.85. The van der Waals surface area contributed by atoms with Crippen LogP contribution in [0.1, 0.15) is 65.8 Å². The van der Waals surface area contributed by atoms with Crippen molar-refractivity contribution in [2.24, 2.45) is 5.73 Å². The van der Waals surface area contributed by atoms with Crippen molar-refractivity contribution >= 4 is 11.7 Å². The molecule has 1 aromatic heterocycles. The van der Waals surface area contributed by atoms with Gasteiger partial charge in [-0.3, -0.25) is 9.78 Å². The number of primary amides is 1. The molecule has 1 aromatic carbocycles. The molecule has 3 rings (SSSR count). The molecule has 0 saturated heterocycles. The van der Waals surface area contributed by atoms with Crippen LogP contribution in [0.25, 0.3) is 0 Å². The highest BCUT2D eigenvalue weighted by atomic mass is 16.1. The normalized spacial score (nSPS) is 16.9. The summed E-state index contributed by atoms with van der Waals surface area (Å²) < 4.78 is 0. The molecular weight excluding hydrogens is 288 g/mol. The summed E-state index contributed by atoms with van der Waals surface area (Å²) in [4.78, 5) is 19.6. The monoisotopic (exact) mass is 310 g/mol. The van der Waals surface area contributed by atoms with Gasteiger partial charge in [-0.15, -0.1) is 0 Å². The van der Waals surface area contributed by atoms with E-state index in [1.54, 1.807) is 6.20 Å². The number of nitrogens with two attached hydrogens (primary N) is 1. The molecule has 1 aliphatic rings. The quantitative estimate of drug-likeness (QED) is 0.908. The van der Waals surface area contributed by atoms with Crippen molar-refractivity contribution in [3.63, 3.8) is 0 Å². The van der Waals surface area contributed by atoms with Crippen molar-refractivity contribution in [2.75, 3.05) is 5.32 Å². The van der Waals surface area contributed by atoms with E-state index in [9.17, 15) is 4.79 Å². The molecule has 2 aromatic rings. The van der Waals surface area contributed by atoms with E-state index in [4.69, 9.17) is 5.73 Å². The van der Waals surface area contributed by atoms with E-state index >= 15 is 0 Å². The Balaban J connectivity index is 1.89. The first-order valence-electron chi connectivity index (χ1n) is 8.05. The Bertz CT molecular complexity index is 727. The zero-order valence-electron chi connectivity index (χ0n) is 13.5. The van der Waals surface area contributed by atoms with E-state index in [-0.39, 0.29) is 11.7 Å². The minimum Gasteiger partial charge on any atom is -0.364 e. The molecule has 0 radical (unpaired) electrons. The first-order valence-corrected chi connectivity index (χ1v) is 8.05. The molecule has 120 valence electrons. The summed E-state index contributed by atoms with van der Waals surface area (Å²) >= 11 is 0. The van der Waals surface area contributed by atoms with Gasteiger partial charge in [0.05, 0.1) is 18.4 Å². The van der Waals surface area contributed by atoms with Crippen LogP contribution in [-0.2, 0) is 6.42 Å². The fraction of sp³-hybridized carbons (Fsp3) is 0.389. The number of benzene rings is 1. The van der Waals surface area contributed by atoms with E-state index in [1.165, 1.54) is 22.9 Å². The molecule has 1 heterocycles. The predicted molar refractivity (Wildman–Crippen MR) is 90.4 cm³/mol. The molecule has 1 amide bonds. The average Bonchev–Trinajstić information content (AvgIpc) is 2.55. The summed E-state index contributed by atoms with van der Waals surface area (Å²) in [6.45, 7) is 4.41. The van der Waals surface area contributed by atoms with Gasteiger partial charge in [-0.2, -0.15) is 0 Å². The molecule has 0 fully saturated rings. The summed E-state index contributed by atoms with van der Waals surface area (Å²) in [6.07, 6.45) is 6.30. The number of anilines is 1. The highest BCUT2D eigenvalue weighted by Gasteiger charge is 2.21. The molecule has 1 atom stereocenters. The zero-order chi connectivity index (χ0) is 16.4. The molecule has 1 aliphatic carbocycles.